The second kappa shape index (κ2) is 10.0. The molecule has 1 atom stereocenters. The minimum absolute atomic E-state index is 0.116. The van der Waals surface area contributed by atoms with Crippen molar-refractivity contribution in [3.8, 4) is 11.3 Å². The topological polar surface area (TPSA) is 75.5 Å². The molecule has 2 N–H and O–H groups in total. The molecule has 1 saturated heterocycles. The van der Waals surface area contributed by atoms with Crippen molar-refractivity contribution in [1.29, 1.82) is 0 Å². The minimum Gasteiger partial charge on any atom is -0.438 e. The Labute approximate surface area is 193 Å². The van der Waals surface area contributed by atoms with E-state index in [-0.39, 0.29) is 6.04 Å². The van der Waals surface area contributed by atoms with Crippen LogP contribution in [0.3, 0.4) is 0 Å². The maximum absolute atomic E-state index is 6.05. The van der Waals surface area contributed by atoms with Crippen LogP contribution in [0.4, 0.5) is 11.5 Å². The second-order valence-electron chi connectivity index (χ2n) is 8.29. The van der Waals surface area contributed by atoms with E-state index in [4.69, 9.17) is 9.15 Å². The molecule has 1 aliphatic heterocycles. The maximum Gasteiger partial charge on any atom is 0.231 e. The van der Waals surface area contributed by atoms with Crippen molar-refractivity contribution >= 4 is 22.6 Å². The number of hydrogen-bond donors (Lipinski definition) is 2. The van der Waals surface area contributed by atoms with Gasteiger partial charge >= 0.3 is 0 Å². The number of rotatable bonds is 8. The molecule has 1 fully saturated rings. The van der Waals surface area contributed by atoms with Gasteiger partial charge in [-0.15, -0.1) is 0 Å². The minimum atomic E-state index is 0.116. The van der Waals surface area contributed by atoms with E-state index in [0.29, 0.717) is 5.71 Å². The quantitative estimate of drug-likeness (QED) is 0.405. The summed E-state index contributed by atoms with van der Waals surface area (Å²) in [4.78, 5) is 11.2. The van der Waals surface area contributed by atoms with E-state index in [1.807, 2.05) is 24.3 Å². The van der Waals surface area contributed by atoms with Crippen LogP contribution in [0, 0.1) is 0 Å². The van der Waals surface area contributed by atoms with Gasteiger partial charge in [0.1, 0.15) is 17.9 Å². The normalized spacial score (nSPS) is 15.4. The average molecular weight is 444 g/mol. The van der Waals surface area contributed by atoms with Crippen molar-refractivity contribution < 1.29 is 9.15 Å². The molecule has 2 aromatic heterocycles. The van der Waals surface area contributed by atoms with Crippen molar-refractivity contribution in [2.75, 3.05) is 50.0 Å². The van der Waals surface area contributed by atoms with E-state index in [9.17, 15) is 0 Å². The Balaban J connectivity index is 1.26. The van der Waals surface area contributed by atoms with Crippen molar-refractivity contribution in [3.63, 3.8) is 0 Å². The number of hydrogen-bond acceptors (Lipinski definition) is 7. The van der Waals surface area contributed by atoms with Gasteiger partial charge in [0.25, 0.3) is 0 Å². The molecule has 1 aliphatic rings. The van der Waals surface area contributed by atoms with E-state index in [1.54, 1.807) is 0 Å². The van der Waals surface area contributed by atoms with Crippen molar-refractivity contribution in [2.24, 2.45) is 0 Å². The molecule has 3 heterocycles. The van der Waals surface area contributed by atoms with Crippen LogP contribution in [0.5, 0.6) is 0 Å². The largest absolute Gasteiger partial charge is 0.438 e. The summed E-state index contributed by atoms with van der Waals surface area (Å²) in [6.45, 7) is 7.73. The van der Waals surface area contributed by atoms with Gasteiger partial charge in [-0.1, -0.05) is 30.3 Å². The lowest BCUT2D eigenvalue weighted by Crippen LogP contribution is -2.38. The van der Waals surface area contributed by atoms with Crippen LogP contribution in [0.25, 0.3) is 22.4 Å². The van der Waals surface area contributed by atoms with Gasteiger partial charge in [0, 0.05) is 43.5 Å². The van der Waals surface area contributed by atoms with Crippen LogP contribution in [-0.2, 0) is 4.74 Å². The summed E-state index contributed by atoms with van der Waals surface area (Å²) in [7, 11) is 0. The number of nitrogens with one attached hydrogen (secondary N) is 2. The molecule has 4 aromatic rings. The van der Waals surface area contributed by atoms with Crippen LogP contribution in [0.1, 0.15) is 18.5 Å². The SMILES string of the molecule is C[C@@H](Nc1ncnc2oc(-c3ccc(NCCN4CCOCC4)cc3)cc12)c1ccccc1. The highest BCUT2D eigenvalue weighted by Gasteiger charge is 2.14. The van der Waals surface area contributed by atoms with Gasteiger partial charge in [-0.25, -0.2) is 9.97 Å². The number of anilines is 2. The number of nitrogens with zero attached hydrogens (tertiary/aromatic N) is 3. The van der Waals surface area contributed by atoms with Crippen molar-refractivity contribution in [2.45, 2.75) is 13.0 Å². The number of aromatic nitrogens is 2. The number of furan rings is 1. The van der Waals surface area contributed by atoms with Crippen LogP contribution in [0.15, 0.2) is 71.4 Å². The second-order valence-corrected chi connectivity index (χ2v) is 8.29. The van der Waals surface area contributed by atoms with E-state index >= 15 is 0 Å². The Kier molecular flexibility index (Phi) is 6.51. The van der Waals surface area contributed by atoms with Gasteiger partial charge in [-0.3, -0.25) is 4.90 Å². The van der Waals surface area contributed by atoms with Gasteiger partial charge < -0.3 is 19.8 Å². The molecule has 0 radical (unpaired) electrons. The summed E-state index contributed by atoms with van der Waals surface area (Å²) in [5.41, 5.74) is 3.89. The zero-order valence-corrected chi connectivity index (χ0v) is 18.8. The van der Waals surface area contributed by atoms with E-state index in [1.165, 1.54) is 11.9 Å². The van der Waals surface area contributed by atoms with E-state index < -0.39 is 0 Å². The monoisotopic (exact) mass is 443 g/mol. The Morgan fingerprint density at radius 1 is 1.00 bits per heavy atom. The zero-order valence-electron chi connectivity index (χ0n) is 18.8. The first-order valence-electron chi connectivity index (χ1n) is 11.5. The molecule has 0 aliphatic carbocycles. The fraction of sp³-hybridized carbons (Fsp3) is 0.308. The van der Waals surface area contributed by atoms with Gasteiger partial charge in [0.05, 0.1) is 18.6 Å². The third kappa shape index (κ3) is 5.16. The Morgan fingerprint density at radius 3 is 2.58 bits per heavy atom. The molecule has 33 heavy (non-hydrogen) atoms. The standard InChI is InChI=1S/C26H29N5O2/c1-19(20-5-3-2-4-6-20)30-25-23-17-24(33-26(23)29-18-28-25)21-7-9-22(10-8-21)27-11-12-31-13-15-32-16-14-31/h2-10,17-19,27H,11-16H2,1H3,(H,28,29,30)/t19-/m1/s1. The van der Waals surface area contributed by atoms with Gasteiger partial charge in [-0.2, -0.15) is 0 Å². The smallest absolute Gasteiger partial charge is 0.231 e. The fourth-order valence-corrected chi connectivity index (χ4v) is 4.08. The van der Waals surface area contributed by atoms with Gasteiger partial charge in [0.15, 0.2) is 0 Å². The van der Waals surface area contributed by atoms with E-state index in [2.05, 4.69) is 68.8 Å². The van der Waals surface area contributed by atoms with Crippen LogP contribution in [0.2, 0.25) is 0 Å². The number of ether oxygens (including phenoxy) is 1. The zero-order chi connectivity index (χ0) is 22.5. The molecule has 0 unspecified atom stereocenters. The molecule has 0 bridgehead atoms. The highest BCUT2D eigenvalue weighted by molar-refractivity contribution is 5.89. The van der Waals surface area contributed by atoms with Gasteiger partial charge in [-0.05, 0) is 42.8 Å². The Bertz CT molecular complexity index is 1170. The van der Waals surface area contributed by atoms with Crippen molar-refractivity contribution in [3.05, 3.63) is 72.6 Å². The molecule has 5 rings (SSSR count). The molecular weight excluding hydrogens is 414 g/mol. The summed E-state index contributed by atoms with van der Waals surface area (Å²) < 4.78 is 11.5. The summed E-state index contributed by atoms with van der Waals surface area (Å²) in [5, 5.41) is 7.87. The van der Waals surface area contributed by atoms with E-state index in [0.717, 1.165) is 67.6 Å². The third-order valence-corrected chi connectivity index (χ3v) is 6.01. The highest BCUT2D eigenvalue weighted by atomic mass is 16.5. The fourth-order valence-electron chi connectivity index (χ4n) is 4.08. The first-order chi connectivity index (χ1) is 16.3. The van der Waals surface area contributed by atoms with Crippen LogP contribution < -0.4 is 10.6 Å². The summed E-state index contributed by atoms with van der Waals surface area (Å²) in [6, 6.07) is 20.8. The summed E-state index contributed by atoms with van der Waals surface area (Å²) in [6.07, 6.45) is 1.54. The van der Waals surface area contributed by atoms with Crippen LogP contribution in [-0.4, -0.2) is 54.3 Å². The molecule has 170 valence electrons. The van der Waals surface area contributed by atoms with Gasteiger partial charge in [0.2, 0.25) is 5.71 Å². The predicted molar refractivity (Wildman–Crippen MR) is 131 cm³/mol. The predicted octanol–water partition coefficient (Wildman–Crippen LogP) is 4.81. The summed E-state index contributed by atoms with van der Waals surface area (Å²) in [5.74, 6) is 1.55. The van der Waals surface area contributed by atoms with Crippen molar-refractivity contribution in [1.82, 2.24) is 14.9 Å². The molecule has 0 saturated carbocycles. The van der Waals surface area contributed by atoms with Crippen LogP contribution >= 0.6 is 0 Å². The molecular formula is C26H29N5O2. The Hall–Kier alpha value is -3.42. The first-order valence-corrected chi connectivity index (χ1v) is 11.5. The maximum atomic E-state index is 6.05. The first kappa shape index (κ1) is 21.4. The molecule has 0 amide bonds. The molecule has 0 spiro atoms. The lowest BCUT2D eigenvalue weighted by Gasteiger charge is -2.26. The molecule has 7 nitrogen and oxygen atoms in total. The Morgan fingerprint density at radius 2 is 1.79 bits per heavy atom. The number of fused-ring (bicyclic) bond motifs is 1. The average Bonchev–Trinajstić information content (AvgIpc) is 3.31. The highest BCUT2D eigenvalue weighted by Crippen LogP contribution is 2.32. The summed E-state index contributed by atoms with van der Waals surface area (Å²) >= 11 is 0. The molecule has 2 aromatic carbocycles. The molecule has 7 heteroatoms. The third-order valence-electron chi connectivity index (χ3n) is 6.01. The lowest BCUT2D eigenvalue weighted by molar-refractivity contribution is 0.0398. The number of benzene rings is 2. The lowest BCUT2D eigenvalue weighted by atomic mass is 10.1. The number of morpholine rings is 1.